The highest BCUT2D eigenvalue weighted by atomic mass is 32.2. The summed E-state index contributed by atoms with van der Waals surface area (Å²) in [5.41, 5.74) is 1.60. The van der Waals surface area contributed by atoms with Gasteiger partial charge in [0.2, 0.25) is 0 Å². The second kappa shape index (κ2) is 11.5. The highest BCUT2D eigenvalue weighted by Crippen LogP contribution is 2.40. The number of hydrogen-bond donors (Lipinski definition) is 3. The molecule has 3 aromatic rings. The minimum Gasteiger partial charge on any atom is -0.488 e. The average Bonchev–Trinajstić information content (AvgIpc) is 3.63. The Labute approximate surface area is 242 Å². The summed E-state index contributed by atoms with van der Waals surface area (Å²) < 4.78 is 79.9. The van der Waals surface area contributed by atoms with Gasteiger partial charge in [0.15, 0.2) is 0 Å². The van der Waals surface area contributed by atoms with E-state index in [0.29, 0.717) is 50.7 Å². The van der Waals surface area contributed by atoms with E-state index < -0.39 is 29.5 Å². The third kappa shape index (κ3) is 7.79. The molecule has 0 bridgehead atoms. The second-order valence-electron chi connectivity index (χ2n) is 11.0. The maximum atomic E-state index is 13.6. The van der Waals surface area contributed by atoms with Crippen LogP contribution in [-0.2, 0) is 20.7 Å². The molecule has 1 aromatic heterocycles. The minimum atomic E-state index is -4.39. The smallest absolute Gasteiger partial charge is 0.393 e. The van der Waals surface area contributed by atoms with Crippen LogP contribution in [0.1, 0.15) is 36.1 Å². The van der Waals surface area contributed by atoms with E-state index in [0.717, 1.165) is 23.8 Å². The van der Waals surface area contributed by atoms with E-state index in [4.69, 9.17) is 9.52 Å². The van der Waals surface area contributed by atoms with E-state index in [1.54, 1.807) is 37.6 Å². The van der Waals surface area contributed by atoms with E-state index in [2.05, 4.69) is 22.5 Å². The molecule has 0 spiro atoms. The van der Waals surface area contributed by atoms with Crippen molar-refractivity contribution < 1.29 is 26.7 Å². The van der Waals surface area contributed by atoms with Gasteiger partial charge in [-0.15, -0.1) is 11.3 Å². The van der Waals surface area contributed by atoms with E-state index in [1.807, 2.05) is 12.1 Å². The quantitative estimate of drug-likeness (QED) is 0.188. The summed E-state index contributed by atoms with van der Waals surface area (Å²) >= 11 is 1.24. The summed E-state index contributed by atoms with van der Waals surface area (Å²) in [6.07, 6.45) is -2.23. The van der Waals surface area contributed by atoms with E-state index in [9.17, 15) is 21.9 Å². The van der Waals surface area contributed by atoms with Crippen LogP contribution in [0.2, 0.25) is 0 Å². The topological polar surface area (TPSA) is 91.3 Å². The number of halogens is 3. The molecule has 1 saturated carbocycles. The van der Waals surface area contributed by atoms with Gasteiger partial charge in [-0.25, -0.2) is 4.21 Å². The van der Waals surface area contributed by atoms with Crippen molar-refractivity contribution in [1.82, 2.24) is 0 Å². The van der Waals surface area contributed by atoms with Crippen LogP contribution < -0.4 is 20.7 Å². The van der Waals surface area contributed by atoms with Crippen LogP contribution in [0.25, 0.3) is 10.1 Å². The van der Waals surface area contributed by atoms with E-state index >= 15 is 0 Å². The molecular weight excluding hydrogens is 590 g/mol. The van der Waals surface area contributed by atoms with Crippen molar-refractivity contribution in [2.45, 2.75) is 50.4 Å². The van der Waals surface area contributed by atoms with Crippen LogP contribution >= 0.6 is 18.5 Å². The largest absolute Gasteiger partial charge is 0.488 e. The Morgan fingerprint density at radius 1 is 1.12 bits per heavy atom. The summed E-state index contributed by atoms with van der Waals surface area (Å²) in [6.45, 7) is 3.60. The molecule has 220 valence electrons. The fourth-order valence-electron chi connectivity index (χ4n) is 4.76. The minimum absolute atomic E-state index is 0.0141. The van der Waals surface area contributed by atoms with Crippen molar-refractivity contribution >= 4 is 55.0 Å². The summed E-state index contributed by atoms with van der Waals surface area (Å²) in [6, 6.07) is 10.7. The highest BCUT2D eigenvalue weighted by Gasteiger charge is 2.31. The van der Waals surface area contributed by atoms with Gasteiger partial charge in [0.25, 0.3) is 0 Å². The van der Waals surface area contributed by atoms with Crippen molar-refractivity contribution in [3.05, 3.63) is 46.8 Å². The van der Waals surface area contributed by atoms with Gasteiger partial charge in [-0.05, 0) is 74.2 Å². The SMILES string of the molecule is CP(C)(=O)c1ccc(NCC#Cc2sc3c(NC4CCS(=N)(=O)CC4)cccc3c2CC(F)(F)F)c(OC2CC2)c1. The van der Waals surface area contributed by atoms with Crippen LogP contribution in [0.5, 0.6) is 5.75 Å². The first-order valence-electron chi connectivity index (χ1n) is 13.5. The van der Waals surface area contributed by atoms with E-state index in [-0.39, 0.29) is 24.3 Å². The molecule has 1 aliphatic carbocycles. The van der Waals surface area contributed by atoms with Crippen LogP contribution in [-0.4, -0.2) is 53.9 Å². The second-order valence-corrected chi connectivity index (χ2v) is 17.7. The number of ether oxygens (including phenoxy) is 1. The average molecular weight is 624 g/mol. The number of fused-ring (bicyclic) bond motifs is 1. The first-order chi connectivity index (χ1) is 19.3. The molecule has 1 aliphatic heterocycles. The summed E-state index contributed by atoms with van der Waals surface area (Å²) in [7, 11) is -5.00. The number of benzene rings is 2. The number of hydrogen-bond acceptors (Lipinski definition) is 7. The van der Waals surface area contributed by atoms with Gasteiger partial charge in [-0.3, -0.25) is 4.78 Å². The Morgan fingerprint density at radius 2 is 1.85 bits per heavy atom. The molecule has 0 atom stereocenters. The summed E-state index contributed by atoms with van der Waals surface area (Å²) in [4.78, 5) is 0.369. The Bertz CT molecular complexity index is 1650. The highest BCUT2D eigenvalue weighted by molar-refractivity contribution is 7.92. The van der Waals surface area contributed by atoms with Crippen LogP contribution in [0.15, 0.2) is 36.4 Å². The number of nitrogens with one attached hydrogen (secondary N) is 3. The zero-order chi connectivity index (χ0) is 29.4. The fourth-order valence-corrected chi connectivity index (χ4v) is 8.32. The first-order valence-corrected chi connectivity index (χ1v) is 18.8. The molecule has 2 fully saturated rings. The molecule has 0 amide bonds. The molecule has 0 radical (unpaired) electrons. The first kappa shape index (κ1) is 29.8. The lowest BCUT2D eigenvalue weighted by Crippen LogP contribution is -2.31. The Hall–Kier alpha value is -2.67. The van der Waals surface area contributed by atoms with Crippen LogP contribution in [0, 0.1) is 16.6 Å². The van der Waals surface area contributed by atoms with Gasteiger partial charge in [0.1, 0.15) is 12.9 Å². The number of anilines is 2. The van der Waals surface area contributed by atoms with Crippen LogP contribution in [0.4, 0.5) is 24.5 Å². The molecule has 3 N–H and O–H groups in total. The molecule has 1 saturated heterocycles. The summed E-state index contributed by atoms with van der Waals surface area (Å²) in [5, 5.41) is 7.88. The van der Waals surface area contributed by atoms with Gasteiger partial charge in [0.05, 0.1) is 40.0 Å². The molecule has 2 aliphatic rings. The lowest BCUT2D eigenvalue weighted by atomic mass is 10.1. The molecule has 41 heavy (non-hydrogen) atoms. The van der Waals surface area contributed by atoms with E-state index in [1.165, 1.54) is 11.3 Å². The number of rotatable bonds is 8. The van der Waals surface area contributed by atoms with Crippen LogP contribution in [0.3, 0.4) is 0 Å². The lowest BCUT2D eigenvalue weighted by Gasteiger charge is -2.25. The predicted octanol–water partition coefficient (Wildman–Crippen LogP) is 6.88. The van der Waals surface area contributed by atoms with Gasteiger partial charge < -0.3 is 19.9 Å². The predicted molar refractivity (Wildman–Crippen MR) is 163 cm³/mol. The zero-order valence-electron chi connectivity index (χ0n) is 22.9. The molecule has 2 heterocycles. The number of thiophene rings is 1. The zero-order valence-corrected chi connectivity index (χ0v) is 25.4. The molecule has 0 unspecified atom stereocenters. The van der Waals surface area contributed by atoms with Crippen molar-refractivity contribution in [3.8, 4) is 17.6 Å². The molecular formula is C29H33F3N3O3PS2. The maximum Gasteiger partial charge on any atom is 0.393 e. The van der Waals surface area contributed by atoms with Gasteiger partial charge in [-0.2, -0.15) is 13.2 Å². The molecule has 12 heteroatoms. The number of alkyl halides is 3. The van der Waals surface area contributed by atoms with Crippen molar-refractivity contribution in [3.63, 3.8) is 0 Å². The van der Waals surface area contributed by atoms with Gasteiger partial charge in [0, 0.05) is 32.6 Å². The van der Waals surface area contributed by atoms with Crippen molar-refractivity contribution in [2.24, 2.45) is 0 Å². The summed E-state index contributed by atoms with van der Waals surface area (Å²) in [5.74, 6) is 7.21. The third-order valence-electron chi connectivity index (χ3n) is 7.12. The standard InChI is InChI=1S/C29H33F3N3O3PS2/c1-39(2,36)21-10-11-24(26(17-21)38-20-8-9-20)34-14-4-7-27-23(18-29(30,31)32)22-5-3-6-25(28(22)40-27)35-19-12-15-41(33,37)16-13-19/h3,5-6,10-11,17,19-20,33-35H,8-9,12-16,18H2,1-2H3. The lowest BCUT2D eigenvalue weighted by molar-refractivity contribution is -0.126. The third-order valence-corrected chi connectivity index (χ3v) is 11.6. The van der Waals surface area contributed by atoms with Crippen molar-refractivity contribution in [1.29, 1.82) is 4.78 Å². The maximum absolute atomic E-state index is 13.6. The Kier molecular flexibility index (Phi) is 8.39. The fraction of sp³-hybridized carbons (Fsp3) is 0.448. The van der Waals surface area contributed by atoms with Crippen molar-refractivity contribution in [2.75, 3.05) is 42.0 Å². The normalized spacial score (nSPS) is 21.2. The Morgan fingerprint density at radius 3 is 2.51 bits per heavy atom. The van der Waals surface area contributed by atoms with Gasteiger partial charge in [-0.1, -0.05) is 24.0 Å². The molecule has 6 nitrogen and oxygen atoms in total. The molecule has 2 aromatic carbocycles. The van der Waals surface area contributed by atoms with Gasteiger partial charge >= 0.3 is 6.18 Å². The monoisotopic (exact) mass is 623 g/mol. The Balaban J connectivity index is 1.39. The molecule has 5 rings (SSSR count).